The number of aromatic nitrogens is 2. The Bertz CT molecular complexity index is 1820. The molecule has 1 aliphatic carbocycles. The molecule has 3 aromatic rings. The van der Waals surface area contributed by atoms with E-state index in [-0.39, 0.29) is 29.7 Å². The van der Waals surface area contributed by atoms with Crippen LogP contribution in [0.2, 0.25) is 0 Å². The molecule has 4 fully saturated rings. The van der Waals surface area contributed by atoms with Gasteiger partial charge in [-0.3, -0.25) is 34.3 Å². The van der Waals surface area contributed by atoms with E-state index in [1.54, 1.807) is 31.5 Å². The van der Waals surface area contributed by atoms with Gasteiger partial charge in [0.1, 0.15) is 23.4 Å². The van der Waals surface area contributed by atoms with Crippen molar-refractivity contribution in [1.82, 2.24) is 30.0 Å². The Morgan fingerprint density at radius 2 is 1.67 bits per heavy atom. The molecular weight excluding hydrogens is 626 g/mol. The summed E-state index contributed by atoms with van der Waals surface area (Å²) in [5.74, 6) is 1.60. The highest BCUT2D eigenvalue weighted by Gasteiger charge is 2.49. The Kier molecular flexibility index (Phi) is 8.82. The minimum absolute atomic E-state index is 0.0190. The van der Waals surface area contributed by atoms with Gasteiger partial charge in [-0.1, -0.05) is 0 Å². The molecule has 5 heterocycles. The van der Waals surface area contributed by atoms with E-state index in [0.717, 1.165) is 84.7 Å². The molecular formula is C36H45N7O6. The first-order valence-corrected chi connectivity index (χ1v) is 17.1. The number of anilines is 1. The van der Waals surface area contributed by atoms with Crippen LogP contribution in [0.15, 0.2) is 35.4 Å². The van der Waals surface area contributed by atoms with E-state index in [0.29, 0.717) is 42.9 Å². The van der Waals surface area contributed by atoms with Crippen LogP contribution in [0, 0.1) is 5.41 Å². The van der Waals surface area contributed by atoms with E-state index in [2.05, 4.69) is 25.1 Å². The average Bonchev–Trinajstić information content (AvgIpc) is 3.08. The smallest absolute Gasteiger partial charge is 0.257 e. The topological polar surface area (TPSA) is 140 Å². The number of piperazine rings is 1. The summed E-state index contributed by atoms with van der Waals surface area (Å²) in [6.07, 6.45) is 8.42. The summed E-state index contributed by atoms with van der Waals surface area (Å²) in [7, 11) is 7.20. The van der Waals surface area contributed by atoms with Gasteiger partial charge in [-0.2, -0.15) is 0 Å². The number of hydrogen-bond donors (Lipinski definition) is 2. The molecule has 2 N–H and O–H groups in total. The van der Waals surface area contributed by atoms with Crippen LogP contribution in [0.25, 0.3) is 21.9 Å². The molecule has 3 aliphatic heterocycles. The third kappa shape index (κ3) is 6.25. The molecule has 13 nitrogen and oxygen atoms in total. The number of fused-ring (bicyclic) bond motifs is 1. The molecule has 1 aromatic carbocycles. The number of H-pyrrole nitrogens is 1. The average molecular weight is 672 g/mol. The van der Waals surface area contributed by atoms with Crippen LogP contribution in [-0.4, -0.2) is 116 Å². The van der Waals surface area contributed by atoms with E-state index < -0.39 is 6.04 Å². The van der Waals surface area contributed by atoms with Crippen molar-refractivity contribution >= 4 is 34.3 Å². The summed E-state index contributed by atoms with van der Waals surface area (Å²) in [4.78, 5) is 65.2. The lowest BCUT2D eigenvalue weighted by molar-refractivity contribution is -0.152. The lowest BCUT2D eigenvalue weighted by atomic mass is 9.60. The molecule has 49 heavy (non-hydrogen) atoms. The molecule has 1 unspecified atom stereocenters. The Hall–Kier alpha value is -4.49. The number of likely N-dealkylation sites (tertiary alicyclic amines) is 1. The summed E-state index contributed by atoms with van der Waals surface area (Å²) < 4.78 is 11.9. The number of carbonyl (C=O) groups excluding carboxylic acids is 3. The number of aromatic amines is 1. The third-order valence-corrected chi connectivity index (χ3v) is 11.2. The fourth-order valence-corrected chi connectivity index (χ4v) is 8.26. The van der Waals surface area contributed by atoms with E-state index >= 15 is 0 Å². The van der Waals surface area contributed by atoms with Crippen molar-refractivity contribution in [3.63, 3.8) is 0 Å². The van der Waals surface area contributed by atoms with Crippen molar-refractivity contribution in [3.05, 3.63) is 46.5 Å². The second kappa shape index (κ2) is 13.1. The molecule has 1 spiro atoms. The predicted molar refractivity (Wildman–Crippen MR) is 185 cm³/mol. The molecule has 0 bridgehead atoms. The zero-order chi connectivity index (χ0) is 34.4. The molecule has 1 saturated carbocycles. The molecule has 2 aromatic heterocycles. The number of rotatable bonds is 8. The number of carbonyl (C=O) groups is 3. The van der Waals surface area contributed by atoms with Crippen LogP contribution in [0.1, 0.15) is 44.1 Å². The van der Waals surface area contributed by atoms with Gasteiger partial charge in [-0.25, -0.2) is 4.98 Å². The van der Waals surface area contributed by atoms with Gasteiger partial charge in [0.25, 0.3) is 5.56 Å². The van der Waals surface area contributed by atoms with Crippen molar-refractivity contribution in [1.29, 1.82) is 0 Å². The number of methoxy groups -OCH3 is 2. The van der Waals surface area contributed by atoms with Crippen LogP contribution in [0.3, 0.4) is 0 Å². The zero-order valence-electron chi connectivity index (χ0n) is 28.7. The quantitative estimate of drug-likeness (QED) is 0.343. The van der Waals surface area contributed by atoms with Crippen LogP contribution in [0.4, 0.5) is 5.82 Å². The number of nitrogens with zero attached hydrogens (tertiary/aromatic N) is 5. The summed E-state index contributed by atoms with van der Waals surface area (Å²) in [5, 5.41) is 3.70. The Morgan fingerprint density at radius 3 is 2.31 bits per heavy atom. The van der Waals surface area contributed by atoms with Crippen LogP contribution < -0.4 is 25.2 Å². The standard InChI is InChI=1S/C36H45N7O6/c1-40(2)31-15-24-25(18-38-34(46)26(24)19-37-31)22-13-29(48-3)27(30(14-22)49-4)20-41-9-7-36(8-10-41)16-23(17-36)42-11-12-43(33(45)21-42)28-5-6-32(44)39-35(28)47/h13-15,18-19,23,28H,5-12,16-17,20-21H2,1-4H3,(H,38,46)(H,39,44,47). The molecule has 3 amide bonds. The highest BCUT2D eigenvalue weighted by molar-refractivity contribution is 6.02. The molecule has 260 valence electrons. The normalized spacial score (nSPS) is 21.9. The van der Waals surface area contributed by atoms with Crippen LogP contribution in [0.5, 0.6) is 11.5 Å². The van der Waals surface area contributed by atoms with Gasteiger partial charge >= 0.3 is 0 Å². The van der Waals surface area contributed by atoms with Crippen molar-refractivity contribution < 1.29 is 23.9 Å². The Balaban J connectivity index is 0.991. The zero-order valence-corrected chi connectivity index (χ0v) is 28.7. The van der Waals surface area contributed by atoms with Crippen molar-refractivity contribution in [2.24, 2.45) is 5.41 Å². The summed E-state index contributed by atoms with van der Waals surface area (Å²) in [5.41, 5.74) is 2.85. The lowest BCUT2D eigenvalue weighted by Crippen LogP contribution is -2.64. The van der Waals surface area contributed by atoms with Gasteiger partial charge in [-0.15, -0.1) is 0 Å². The number of ether oxygens (including phenoxy) is 2. The first kappa shape index (κ1) is 33.0. The number of benzene rings is 1. The maximum atomic E-state index is 13.0. The second-order valence-corrected chi connectivity index (χ2v) is 14.2. The SMILES string of the molecule is COc1cc(-c2c[nH]c(=O)c3cnc(N(C)C)cc23)cc(OC)c1CN1CCC2(CC1)CC(N1CCN(C3CCC(=O)NC3=O)C(=O)C1)C2. The Morgan fingerprint density at radius 1 is 0.959 bits per heavy atom. The van der Waals surface area contributed by atoms with Crippen molar-refractivity contribution in [2.45, 2.75) is 57.2 Å². The fraction of sp³-hybridized carbons (Fsp3) is 0.528. The maximum Gasteiger partial charge on any atom is 0.257 e. The predicted octanol–water partition coefficient (Wildman–Crippen LogP) is 2.37. The Labute approximate surface area is 285 Å². The molecule has 4 aliphatic rings. The molecule has 13 heteroatoms. The molecule has 3 saturated heterocycles. The summed E-state index contributed by atoms with van der Waals surface area (Å²) >= 11 is 0. The lowest BCUT2D eigenvalue weighted by Gasteiger charge is -2.56. The van der Waals surface area contributed by atoms with Crippen molar-refractivity contribution in [2.75, 3.05) is 65.9 Å². The van der Waals surface area contributed by atoms with Crippen LogP contribution in [-0.2, 0) is 20.9 Å². The first-order valence-electron chi connectivity index (χ1n) is 17.1. The number of amides is 3. The monoisotopic (exact) mass is 671 g/mol. The number of piperidine rings is 2. The third-order valence-electron chi connectivity index (χ3n) is 11.2. The van der Waals surface area contributed by atoms with E-state index in [9.17, 15) is 19.2 Å². The summed E-state index contributed by atoms with van der Waals surface area (Å²) in [6.45, 7) is 4.25. The minimum atomic E-state index is -0.532. The van der Waals surface area contributed by atoms with E-state index in [4.69, 9.17) is 9.47 Å². The largest absolute Gasteiger partial charge is 0.496 e. The van der Waals surface area contributed by atoms with Gasteiger partial charge in [0.15, 0.2) is 0 Å². The summed E-state index contributed by atoms with van der Waals surface area (Å²) in [6, 6.07) is 5.82. The van der Waals surface area contributed by atoms with Gasteiger partial charge in [0.2, 0.25) is 17.7 Å². The number of imide groups is 1. The van der Waals surface area contributed by atoms with Gasteiger partial charge in [0.05, 0.1) is 31.7 Å². The number of nitrogens with one attached hydrogen (secondary N) is 2. The van der Waals surface area contributed by atoms with Gasteiger partial charge in [-0.05, 0) is 74.4 Å². The van der Waals surface area contributed by atoms with E-state index in [1.165, 1.54) is 0 Å². The highest BCUT2D eigenvalue weighted by atomic mass is 16.5. The second-order valence-electron chi connectivity index (χ2n) is 14.2. The molecule has 7 rings (SSSR count). The highest BCUT2D eigenvalue weighted by Crippen LogP contribution is 2.51. The number of hydrogen-bond acceptors (Lipinski definition) is 10. The van der Waals surface area contributed by atoms with Gasteiger partial charge < -0.3 is 24.3 Å². The maximum absolute atomic E-state index is 13.0. The fourth-order valence-electron chi connectivity index (χ4n) is 8.26. The van der Waals surface area contributed by atoms with Gasteiger partial charge in [0, 0.05) is 69.5 Å². The van der Waals surface area contributed by atoms with Crippen molar-refractivity contribution in [3.8, 4) is 22.6 Å². The number of pyridine rings is 2. The molecule has 0 radical (unpaired) electrons. The van der Waals surface area contributed by atoms with E-state index in [1.807, 2.05) is 37.2 Å². The molecule has 1 atom stereocenters. The first-order chi connectivity index (χ1) is 23.6. The minimum Gasteiger partial charge on any atom is -0.496 e. The van der Waals surface area contributed by atoms with Crippen LogP contribution >= 0.6 is 0 Å².